The minimum atomic E-state index is -0.861. The molecule has 0 aliphatic rings. The quantitative estimate of drug-likeness (QED) is 0.0326. The van der Waals surface area contributed by atoms with E-state index >= 15 is 0 Å². The summed E-state index contributed by atoms with van der Waals surface area (Å²) in [5.74, 6) is -0.132. The van der Waals surface area contributed by atoms with Crippen LogP contribution >= 0.6 is 0 Å². The number of nitrogens with one attached hydrogen (secondary N) is 1. The summed E-state index contributed by atoms with van der Waals surface area (Å²) in [5.41, 5.74) is 0. The molecule has 0 aromatic rings. The Kier molecular flexibility index (Phi) is 42.8. The third-order valence-corrected chi connectivity index (χ3v) is 10.3. The number of carbonyl (C=O) groups excluding carboxylic acids is 2. The van der Waals surface area contributed by atoms with Crippen molar-refractivity contribution in [1.29, 1.82) is 0 Å². The maximum Gasteiger partial charge on any atom is 0.305 e. The number of aliphatic hydroxyl groups excluding tert-OH is 2. The van der Waals surface area contributed by atoms with Gasteiger partial charge < -0.3 is 20.3 Å². The van der Waals surface area contributed by atoms with E-state index in [9.17, 15) is 19.8 Å². The summed E-state index contributed by atoms with van der Waals surface area (Å²) in [6.45, 7) is 4.78. The van der Waals surface area contributed by atoms with Crippen molar-refractivity contribution >= 4 is 11.9 Å². The van der Waals surface area contributed by atoms with Gasteiger partial charge in [-0.1, -0.05) is 178 Å². The topological polar surface area (TPSA) is 95.9 Å². The predicted molar refractivity (Wildman–Crippen MR) is 236 cm³/mol. The number of ether oxygens (including phenoxy) is 1. The van der Waals surface area contributed by atoms with Crippen LogP contribution in [0.4, 0.5) is 0 Å². The van der Waals surface area contributed by atoms with Gasteiger partial charge in [-0.05, 0) is 83.5 Å². The van der Waals surface area contributed by atoms with Crippen molar-refractivity contribution in [2.45, 2.75) is 238 Å². The molecule has 3 N–H and O–H groups in total. The van der Waals surface area contributed by atoms with E-state index in [-0.39, 0.29) is 18.5 Å². The lowest BCUT2D eigenvalue weighted by Gasteiger charge is -2.19. The highest BCUT2D eigenvalue weighted by Gasteiger charge is 2.18. The Hall–Kier alpha value is -2.18. The molecule has 0 aromatic carbocycles. The smallest absolute Gasteiger partial charge is 0.305 e. The van der Waals surface area contributed by atoms with Crippen LogP contribution in [0.5, 0.6) is 0 Å². The molecular weight excluding hydrogens is 683 g/mol. The molecule has 320 valence electrons. The SMILES string of the molecule is CCCC/C=C\C/C=C\CCCCCCCC(=O)OCCCCCCCC/C=C\CCCCCC(=O)NC(CO)C(O)/C=C/CCCCCCCCCCC. The second kappa shape index (κ2) is 44.5. The maximum absolute atomic E-state index is 12.4. The lowest BCUT2D eigenvalue weighted by Crippen LogP contribution is -2.45. The Morgan fingerprint density at radius 3 is 1.47 bits per heavy atom. The molecule has 0 aromatic heterocycles. The van der Waals surface area contributed by atoms with Gasteiger partial charge in [0, 0.05) is 12.8 Å². The number of amides is 1. The third kappa shape index (κ3) is 41.3. The van der Waals surface area contributed by atoms with Crippen LogP contribution in [0, 0.1) is 0 Å². The summed E-state index contributed by atoms with van der Waals surface area (Å²) < 4.78 is 5.43. The van der Waals surface area contributed by atoms with E-state index in [0.717, 1.165) is 83.5 Å². The van der Waals surface area contributed by atoms with Gasteiger partial charge in [0.05, 0.1) is 25.4 Å². The standard InChI is InChI=1S/C49H89NO5/c1-3-5-7-9-11-13-15-16-19-23-27-31-35-39-43-49(54)55-44-40-36-32-28-24-20-17-18-22-26-30-34-38-42-48(53)50-46(45-51)47(52)41-37-33-29-25-21-14-12-10-8-6-4-2/h9,11,15-16,18,22,37,41,46-47,51-52H,3-8,10,12-14,17,19-21,23-36,38-40,42-45H2,1-2H3,(H,50,53)/b11-9-,16-15-,22-18-,41-37+. The normalized spacial score (nSPS) is 13.2. The van der Waals surface area contributed by atoms with Gasteiger partial charge in [-0.2, -0.15) is 0 Å². The second-order valence-electron chi connectivity index (χ2n) is 15.7. The molecule has 0 rings (SSSR count). The zero-order chi connectivity index (χ0) is 40.1. The van der Waals surface area contributed by atoms with Crippen LogP contribution in [0.1, 0.15) is 226 Å². The second-order valence-corrected chi connectivity index (χ2v) is 15.7. The molecule has 0 aliphatic heterocycles. The average Bonchev–Trinajstić information content (AvgIpc) is 3.18. The highest BCUT2D eigenvalue weighted by atomic mass is 16.5. The van der Waals surface area contributed by atoms with Crippen LogP contribution in [0.25, 0.3) is 0 Å². The lowest BCUT2D eigenvalue weighted by atomic mass is 10.1. The highest BCUT2D eigenvalue weighted by molar-refractivity contribution is 5.76. The van der Waals surface area contributed by atoms with Crippen LogP contribution in [0.15, 0.2) is 48.6 Å². The Bertz CT molecular complexity index is 942. The number of carbonyl (C=O) groups is 2. The van der Waals surface area contributed by atoms with E-state index in [1.807, 2.05) is 6.08 Å². The summed E-state index contributed by atoms with van der Waals surface area (Å²) >= 11 is 0. The van der Waals surface area contributed by atoms with Gasteiger partial charge in [-0.25, -0.2) is 0 Å². The van der Waals surface area contributed by atoms with E-state index in [1.54, 1.807) is 6.08 Å². The number of allylic oxidation sites excluding steroid dienone is 7. The van der Waals surface area contributed by atoms with Crippen molar-refractivity contribution in [3.05, 3.63) is 48.6 Å². The summed E-state index contributed by atoms with van der Waals surface area (Å²) in [5, 5.41) is 22.9. The van der Waals surface area contributed by atoms with Crippen LogP contribution in [-0.2, 0) is 14.3 Å². The summed E-state index contributed by atoms with van der Waals surface area (Å²) in [7, 11) is 0. The molecule has 0 spiro atoms. The number of aliphatic hydroxyl groups is 2. The fraction of sp³-hybridized carbons (Fsp3) is 0.796. The first kappa shape index (κ1) is 52.8. The molecule has 6 heteroatoms. The van der Waals surface area contributed by atoms with Gasteiger partial charge in [0.15, 0.2) is 0 Å². The van der Waals surface area contributed by atoms with Crippen molar-refractivity contribution in [2.75, 3.05) is 13.2 Å². The lowest BCUT2D eigenvalue weighted by molar-refractivity contribution is -0.143. The Morgan fingerprint density at radius 1 is 0.509 bits per heavy atom. The molecule has 0 aliphatic carbocycles. The molecular formula is C49H89NO5. The van der Waals surface area contributed by atoms with Gasteiger partial charge >= 0.3 is 5.97 Å². The monoisotopic (exact) mass is 772 g/mol. The van der Waals surface area contributed by atoms with E-state index in [2.05, 4.69) is 55.6 Å². The third-order valence-electron chi connectivity index (χ3n) is 10.3. The first-order valence-electron chi connectivity index (χ1n) is 23.4. The van der Waals surface area contributed by atoms with Crippen molar-refractivity contribution in [2.24, 2.45) is 0 Å². The minimum absolute atomic E-state index is 0.0302. The zero-order valence-corrected chi connectivity index (χ0v) is 36.1. The van der Waals surface area contributed by atoms with Crippen LogP contribution < -0.4 is 5.32 Å². The number of esters is 1. The summed E-state index contributed by atoms with van der Waals surface area (Å²) in [6.07, 6.45) is 53.8. The largest absolute Gasteiger partial charge is 0.466 e. The van der Waals surface area contributed by atoms with Gasteiger partial charge in [0.1, 0.15) is 0 Å². The van der Waals surface area contributed by atoms with E-state index < -0.39 is 12.1 Å². The van der Waals surface area contributed by atoms with Gasteiger partial charge in [0.2, 0.25) is 5.91 Å². The first-order valence-corrected chi connectivity index (χ1v) is 23.4. The molecule has 0 saturated heterocycles. The molecule has 1 amide bonds. The first-order chi connectivity index (χ1) is 27.0. The molecule has 0 fully saturated rings. The highest BCUT2D eigenvalue weighted by Crippen LogP contribution is 2.13. The van der Waals surface area contributed by atoms with Gasteiger partial charge in [0.25, 0.3) is 0 Å². The maximum atomic E-state index is 12.4. The van der Waals surface area contributed by atoms with Gasteiger partial charge in [-0.3, -0.25) is 9.59 Å². The Labute approximate surface area is 340 Å². The zero-order valence-electron chi connectivity index (χ0n) is 36.1. The molecule has 0 bridgehead atoms. The Balaban J connectivity index is 3.55. The van der Waals surface area contributed by atoms with E-state index in [4.69, 9.17) is 4.74 Å². The van der Waals surface area contributed by atoms with Crippen molar-refractivity contribution in [1.82, 2.24) is 5.32 Å². The van der Waals surface area contributed by atoms with Crippen molar-refractivity contribution in [3.63, 3.8) is 0 Å². The van der Waals surface area contributed by atoms with Crippen molar-refractivity contribution < 1.29 is 24.5 Å². The molecule has 2 atom stereocenters. The average molecular weight is 772 g/mol. The summed E-state index contributed by atoms with van der Waals surface area (Å²) in [4.78, 5) is 24.3. The fourth-order valence-electron chi connectivity index (χ4n) is 6.64. The van der Waals surface area contributed by atoms with Crippen LogP contribution in [0.2, 0.25) is 0 Å². The van der Waals surface area contributed by atoms with Crippen molar-refractivity contribution in [3.8, 4) is 0 Å². The van der Waals surface area contributed by atoms with E-state index in [0.29, 0.717) is 19.4 Å². The fourth-order valence-corrected chi connectivity index (χ4v) is 6.64. The number of rotatable bonds is 42. The number of hydrogen-bond acceptors (Lipinski definition) is 5. The number of hydrogen-bond donors (Lipinski definition) is 3. The molecule has 6 nitrogen and oxygen atoms in total. The molecule has 55 heavy (non-hydrogen) atoms. The molecule has 0 heterocycles. The Morgan fingerprint density at radius 2 is 0.927 bits per heavy atom. The predicted octanol–water partition coefficient (Wildman–Crippen LogP) is 13.5. The van der Waals surface area contributed by atoms with Crippen LogP contribution in [0.3, 0.4) is 0 Å². The van der Waals surface area contributed by atoms with E-state index in [1.165, 1.54) is 116 Å². The summed E-state index contributed by atoms with van der Waals surface area (Å²) in [6, 6.07) is -0.648. The number of unbranched alkanes of at least 4 members (excludes halogenated alkanes) is 25. The van der Waals surface area contributed by atoms with Gasteiger partial charge in [-0.15, -0.1) is 0 Å². The van der Waals surface area contributed by atoms with Crippen LogP contribution in [-0.4, -0.2) is 47.4 Å². The molecule has 0 saturated carbocycles. The molecule has 2 unspecified atom stereocenters. The minimum Gasteiger partial charge on any atom is -0.466 e. The molecule has 0 radical (unpaired) electrons.